The molecule has 1 N–H and O–H groups in total. The van der Waals surface area contributed by atoms with Gasteiger partial charge < -0.3 is 14.8 Å². The van der Waals surface area contributed by atoms with Crippen LogP contribution in [-0.2, 0) is 20.4 Å². The third kappa shape index (κ3) is 5.21. The first kappa shape index (κ1) is 24.7. The van der Waals surface area contributed by atoms with Crippen molar-refractivity contribution in [2.24, 2.45) is 0 Å². The molecule has 0 spiro atoms. The fourth-order valence-corrected chi connectivity index (χ4v) is 4.40. The first-order valence-corrected chi connectivity index (χ1v) is 11.3. The fraction of sp³-hybridized carbons (Fsp3) is 0.524. The van der Waals surface area contributed by atoms with E-state index < -0.39 is 35.8 Å². The van der Waals surface area contributed by atoms with Crippen LogP contribution in [0.3, 0.4) is 0 Å². The molecule has 0 aromatic carbocycles. The Labute approximate surface area is 192 Å². The molecule has 1 atom stereocenters. The lowest BCUT2D eigenvalue weighted by atomic mass is 10.1. The molecule has 1 saturated carbocycles. The maximum absolute atomic E-state index is 13.2. The van der Waals surface area contributed by atoms with Crippen molar-refractivity contribution >= 4 is 34.2 Å². The molecule has 2 aromatic heterocycles. The molecule has 1 aliphatic rings. The van der Waals surface area contributed by atoms with Crippen molar-refractivity contribution in [2.45, 2.75) is 58.7 Å². The van der Waals surface area contributed by atoms with Gasteiger partial charge in [0.2, 0.25) is 5.91 Å². The van der Waals surface area contributed by atoms with E-state index in [1.165, 1.54) is 13.8 Å². The highest BCUT2D eigenvalue weighted by Gasteiger charge is 2.39. The van der Waals surface area contributed by atoms with E-state index in [1.54, 1.807) is 13.8 Å². The smallest absolute Gasteiger partial charge is 0.435 e. The second-order valence-electron chi connectivity index (χ2n) is 7.54. The number of hydrogen-bond donors (Lipinski definition) is 1. The van der Waals surface area contributed by atoms with Gasteiger partial charge in [-0.3, -0.25) is 9.48 Å². The van der Waals surface area contributed by atoms with E-state index in [0.29, 0.717) is 5.69 Å². The van der Waals surface area contributed by atoms with Crippen LogP contribution in [-0.4, -0.2) is 40.8 Å². The highest BCUT2D eigenvalue weighted by molar-refractivity contribution is 7.18. The van der Waals surface area contributed by atoms with Crippen LogP contribution < -0.4 is 5.32 Å². The second-order valence-corrected chi connectivity index (χ2v) is 8.56. The number of ether oxygens (including phenoxy) is 2. The first-order chi connectivity index (χ1) is 15.5. The van der Waals surface area contributed by atoms with Gasteiger partial charge >= 0.3 is 18.1 Å². The van der Waals surface area contributed by atoms with Crippen LogP contribution in [0, 0.1) is 6.92 Å². The topological polar surface area (TPSA) is 99.5 Å². The summed E-state index contributed by atoms with van der Waals surface area (Å²) >= 11 is 0.845. The Kier molecular flexibility index (Phi) is 7.15. The summed E-state index contributed by atoms with van der Waals surface area (Å²) in [5.41, 5.74) is -0.431. The number of amides is 1. The maximum Gasteiger partial charge on any atom is 0.435 e. The zero-order valence-corrected chi connectivity index (χ0v) is 19.4. The van der Waals surface area contributed by atoms with Crippen LogP contribution in [0.4, 0.5) is 18.2 Å². The number of thiophene rings is 1. The Bertz CT molecular complexity index is 1070. The zero-order valence-electron chi connectivity index (χ0n) is 18.5. The van der Waals surface area contributed by atoms with Gasteiger partial charge in [-0.2, -0.15) is 18.3 Å². The van der Waals surface area contributed by atoms with Gasteiger partial charge in [0.15, 0.2) is 5.69 Å². The number of anilines is 1. The number of carbonyl (C=O) groups is 3. The van der Waals surface area contributed by atoms with Gasteiger partial charge in [0.1, 0.15) is 15.9 Å². The largest absolute Gasteiger partial charge is 0.462 e. The van der Waals surface area contributed by atoms with Crippen molar-refractivity contribution in [3.63, 3.8) is 0 Å². The van der Waals surface area contributed by atoms with Gasteiger partial charge in [0.05, 0.1) is 18.8 Å². The lowest BCUT2D eigenvalue weighted by Crippen LogP contribution is -2.26. The standard InChI is InChI=1S/C21H24F3N3O5S/c1-5-31-19(29)15-10(3)16(20(30)32-6-2)33-18(15)25-17(28)11(4)27-13(12-7-8-12)9-14(26-27)21(22,23)24/h9,11-12H,5-8H2,1-4H3,(H,25,28). The highest BCUT2D eigenvalue weighted by Crippen LogP contribution is 2.43. The van der Waals surface area contributed by atoms with Crippen molar-refractivity contribution in [1.82, 2.24) is 9.78 Å². The quantitative estimate of drug-likeness (QED) is 0.542. The summed E-state index contributed by atoms with van der Waals surface area (Å²) in [6.45, 7) is 6.39. The van der Waals surface area contributed by atoms with Crippen LogP contribution in [0.5, 0.6) is 0 Å². The molecule has 3 rings (SSSR count). The van der Waals surface area contributed by atoms with E-state index in [2.05, 4.69) is 10.4 Å². The van der Waals surface area contributed by atoms with Gasteiger partial charge in [-0.25, -0.2) is 9.59 Å². The minimum Gasteiger partial charge on any atom is -0.462 e. The molecule has 0 bridgehead atoms. The molecule has 1 amide bonds. The lowest BCUT2D eigenvalue weighted by molar-refractivity contribution is -0.141. The molecular formula is C21H24F3N3O5S. The van der Waals surface area contributed by atoms with Crippen molar-refractivity contribution in [3.05, 3.63) is 33.5 Å². The number of halogens is 3. The number of hydrogen-bond acceptors (Lipinski definition) is 7. The van der Waals surface area contributed by atoms with Gasteiger partial charge in [-0.05, 0) is 52.2 Å². The molecule has 1 aliphatic carbocycles. The van der Waals surface area contributed by atoms with E-state index in [9.17, 15) is 27.6 Å². The number of aromatic nitrogens is 2. The Balaban J connectivity index is 1.94. The summed E-state index contributed by atoms with van der Waals surface area (Å²) in [5, 5.41) is 6.26. The molecule has 1 unspecified atom stereocenters. The molecule has 1 fully saturated rings. The number of rotatable bonds is 8. The molecule has 0 radical (unpaired) electrons. The predicted octanol–water partition coefficient (Wildman–Crippen LogP) is 4.70. The molecule has 180 valence electrons. The fourth-order valence-electron chi connectivity index (χ4n) is 3.31. The minimum atomic E-state index is -4.64. The summed E-state index contributed by atoms with van der Waals surface area (Å²) in [7, 11) is 0. The predicted molar refractivity (Wildman–Crippen MR) is 114 cm³/mol. The molecular weight excluding hydrogens is 463 g/mol. The van der Waals surface area contributed by atoms with E-state index in [1.807, 2.05) is 0 Å². The first-order valence-electron chi connectivity index (χ1n) is 10.4. The van der Waals surface area contributed by atoms with Crippen molar-refractivity contribution < 1.29 is 37.0 Å². The molecule has 2 heterocycles. The van der Waals surface area contributed by atoms with Crippen molar-refractivity contribution in [1.29, 1.82) is 0 Å². The minimum absolute atomic E-state index is 0.00400. The van der Waals surface area contributed by atoms with Crippen molar-refractivity contribution in [2.75, 3.05) is 18.5 Å². The van der Waals surface area contributed by atoms with Gasteiger partial charge in [-0.1, -0.05) is 0 Å². The number of nitrogens with one attached hydrogen (secondary N) is 1. The molecule has 33 heavy (non-hydrogen) atoms. The Morgan fingerprint density at radius 2 is 1.82 bits per heavy atom. The average molecular weight is 488 g/mol. The van der Waals surface area contributed by atoms with Crippen LogP contribution in [0.2, 0.25) is 0 Å². The third-order valence-electron chi connectivity index (χ3n) is 5.12. The molecule has 8 nitrogen and oxygen atoms in total. The Morgan fingerprint density at radius 1 is 1.21 bits per heavy atom. The van der Waals surface area contributed by atoms with Crippen LogP contribution in [0.25, 0.3) is 0 Å². The summed E-state index contributed by atoms with van der Waals surface area (Å²) in [6.07, 6.45) is -3.20. The van der Waals surface area contributed by atoms with Crippen LogP contribution in [0.15, 0.2) is 6.07 Å². The lowest BCUT2D eigenvalue weighted by Gasteiger charge is -2.16. The van der Waals surface area contributed by atoms with Gasteiger partial charge in [0.25, 0.3) is 0 Å². The zero-order chi connectivity index (χ0) is 24.5. The Hall–Kier alpha value is -2.89. The molecule has 12 heteroatoms. The van der Waals surface area contributed by atoms with Crippen molar-refractivity contribution in [3.8, 4) is 0 Å². The van der Waals surface area contributed by atoms with Crippen LogP contribution >= 0.6 is 11.3 Å². The number of esters is 2. The Morgan fingerprint density at radius 3 is 2.36 bits per heavy atom. The molecule has 0 aliphatic heterocycles. The summed E-state index contributed by atoms with van der Waals surface area (Å²) in [5.74, 6) is -2.16. The van der Waals surface area contributed by atoms with Crippen LogP contribution in [0.1, 0.15) is 82.6 Å². The van der Waals surface area contributed by atoms with Gasteiger partial charge in [-0.15, -0.1) is 11.3 Å². The number of alkyl halides is 3. The van der Waals surface area contributed by atoms with E-state index >= 15 is 0 Å². The SMILES string of the molecule is CCOC(=O)c1sc(NC(=O)C(C)n2nc(C(F)(F)F)cc2C2CC2)c(C(=O)OCC)c1C. The normalized spacial score (nSPS) is 14.6. The summed E-state index contributed by atoms with van der Waals surface area (Å²) in [6, 6.07) is -0.125. The maximum atomic E-state index is 13.2. The second kappa shape index (κ2) is 9.54. The summed E-state index contributed by atoms with van der Waals surface area (Å²) < 4.78 is 50.8. The number of carbonyl (C=O) groups excluding carboxylic acids is 3. The molecule has 2 aromatic rings. The van der Waals surface area contributed by atoms with E-state index in [0.717, 1.165) is 34.9 Å². The molecule has 0 saturated heterocycles. The average Bonchev–Trinajstić information content (AvgIpc) is 3.38. The monoisotopic (exact) mass is 487 g/mol. The third-order valence-corrected chi connectivity index (χ3v) is 6.31. The van der Waals surface area contributed by atoms with E-state index in [-0.39, 0.29) is 40.1 Å². The van der Waals surface area contributed by atoms with E-state index in [4.69, 9.17) is 9.47 Å². The highest BCUT2D eigenvalue weighted by atomic mass is 32.1. The van der Waals surface area contributed by atoms with Gasteiger partial charge in [0, 0.05) is 11.6 Å². The number of nitrogens with zero attached hydrogens (tertiary/aromatic N) is 2. The summed E-state index contributed by atoms with van der Waals surface area (Å²) in [4.78, 5) is 37.9.